The van der Waals surface area contributed by atoms with E-state index >= 15 is 0 Å². The van der Waals surface area contributed by atoms with E-state index in [4.69, 9.17) is 9.73 Å². The first-order chi connectivity index (χ1) is 19.7. The summed E-state index contributed by atoms with van der Waals surface area (Å²) in [6, 6.07) is 21.7. The van der Waals surface area contributed by atoms with Crippen LogP contribution in [0.4, 0.5) is 5.69 Å². The molecule has 0 unspecified atom stereocenters. The molecule has 41 heavy (non-hydrogen) atoms. The van der Waals surface area contributed by atoms with E-state index in [0.29, 0.717) is 11.0 Å². The Labute approximate surface area is 245 Å². The molecule has 212 valence electrons. The fourth-order valence-electron chi connectivity index (χ4n) is 4.01. The molecule has 4 aromatic rings. The average Bonchev–Trinajstić information content (AvgIpc) is 3.45. The minimum Gasteiger partial charge on any atom is -0.454 e. The van der Waals surface area contributed by atoms with E-state index in [1.165, 1.54) is 17.3 Å². The van der Waals surface area contributed by atoms with Gasteiger partial charge in [-0.15, -0.1) is 5.10 Å². The van der Waals surface area contributed by atoms with Gasteiger partial charge in [0.2, 0.25) is 5.91 Å². The van der Waals surface area contributed by atoms with Gasteiger partial charge in [-0.1, -0.05) is 80.9 Å². The van der Waals surface area contributed by atoms with Gasteiger partial charge in [-0.25, -0.2) is 14.7 Å². The van der Waals surface area contributed by atoms with Gasteiger partial charge in [0, 0.05) is 5.56 Å². The van der Waals surface area contributed by atoms with Gasteiger partial charge in [0.15, 0.2) is 11.0 Å². The van der Waals surface area contributed by atoms with Crippen LogP contribution in [-0.2, 0) is 27.2 Å². The third kappa shape index (κ3) is 8.14. The summed E-state index contributed by atoms with van der Waals surface area (Å²) >= 11 is 1.19. The van der Waals surface area contributed by atoms with E-state index in [-0.39, 0.29) is 30.2 Å². The Bertz CT molecular complexity index is 1530. The number of thioether (sulfide) groups is 1. The molecule has 4 rings (SSSR count). The summed E-state index contributed by atoms with van der Waals surface area (Å²) < 4.78 is 7.07. The molecule has 0 radical (unpaired) electrons. The third-order valence-corrected chi connectivity index (χ3v) is 7.10. The molecule has 0 fully saturated rings. The number of aliphatic imine (C=N–C) groups is 1. The molecule has 1 heterocycles. The lowest BCUT2D eigenvalue weighted by molar-refractivity contribution is -0.144. The van der Waals surface area contributed by atoms with Gasteiger partial charge in [0.05, 0.1) is 23.7 Å². The largest absolute Gasteiger partial charge is 0.454 e. The topological polar surface area (TPSA) is 98.5 Å². The van der Waals surface area contributed by atoms with Crippen molar-refractivity contribution in [1.82, 2.24) is 20.1 Å². The lowest BCUT2D eigenvalue weighted by Crippen LogP contribution is -2.30. The molecule has 0 aliphatic heterocycles. The van der Waals surface area contributed by atoms with Crippen molar-refractivity contribution < 1.29 is 14.3 Å². The molecule has 0 spiro atoms. The van der Waals surface area contributed by atoms with Gasteiger partial charge in [-0.2, -0.15) is 0 Å². The number of nitrogens with zero attached hydrogens (tertiary/aromatic N) is 4. The van der Waals surface area contributed by atoms with Crippen LogP contribution in [0.3, 0.4) is 0 Å². The number of aromatic nitrogens is 3. The molecular weight excluding hydrogens is 534 g/mol. The standard InChI is InChI=1S/C32H35N5O3S/c1-6-25-9-7-8-23(5)29(25)35-32(41-20-40-31(39)21(2)3)34-28(38)18-24-12-14-26(15-13-24)30-33-19-37(36-30)27-16-10-22(4)11-17-27/h7-17,19,21H,6,18,20H2,1-5H3,(H,34,35,38). The zero-order chi connectivity index (χ0) is 29.4. The van der Waals surface area contributed by atoms with Crippen LogP contribution in [0.25, 0.3) is 17.1 Å². The van der Waals surface area contributed by atoms with E-state index < -0.39 is 0 Å². The SMILES string of the molecule is CCc1cccc(C)c1N=C(NC(=O)Cc1ccc(-c2ncn(-c3ccc(C)cc3)n2)cc1)SCOC(=O)C(C)C. The Morgan fingerprint density at radius 3 is 2.44 bits per heavy atom. The molecule has 0 atom stereocenters. The zero-order valence-electron chi connectivity index (χ0n) is 24.0. The molecule has 0 saturated heterocycles. The average molecular weight is 570 g/mol. The summed E-state index contributed by atoms with van der Waals surface area (Å²) in [5.74, 6) is -0.0870. The Morgan fingerprint density at radius 2 is 1.76 bits per heavy atom. The number of benzene rings is 3. The normalized spacial score (nSPS) is 11.5. The minimum atomic E-state index is -0.299. The number of amides is 1. The summed E-state index contributed by atoms with van der Waals surface area (Å²) in [6.07, 6.45) is 2.65. The quantitative estimate of drug-likeness (QED) is 0.109. The molecular formula is C32H35N5O3S. The number of carbonyl (C=O) groups excluding carboxylic acids is 2. The molecule has 3 aromatic carbocycles. The van der Waals surface area contributed by atoms with E-state index in [1.807, 2.05) is 80.6 Å². The summed E-state index contributed by atoms with van der Waals surface area (Å²) in [4.78, 5) is 34.2. The fraction of sp³-hybridized carbons (Fsp3) is 0.281. The molecule has 1 aromatic heterocycles. The summed E-state index contributed by atoms with van der Waals surface area (Å²) in [6.45, 7) is 9.65. The monoisotopic (exact) mass is 569 g/mol. The molecule has 0 aliphatic carbocycles. The Balaban J connectivity index is 1.45. The number of ether oxygens (including phenoxy) is 1. The van der Waals surface area contributed by atoms with Crippen molar-refractivity contribution in [3.8, 4) is 17.1 Å². The highest BCUT2D eigenvalue weighted by atomic mass is 32.2. The highest BCUT2D eigenvalue weighted by Crippen LogP contribution is 2.26. The molecule has 0 aliphatic rings. The maximum atomic E-state index is 13.1. The lowest BCUT2D eigenvalue weighted by Gasteiger charge is -2.13. The van der Waals surface area contributed by atoms with Gasteiger partial charge in [-0.05, 0) is 60.9 Å². The van der Waals surface area contributed by atoms with Crippen LogP contribution in [0, 0.1) is 19.8 Å². The number of esters is 1. The van der Waals surface area contributed by atoms with Crippen LogP contribution in [-0.4, -0.2) is 37.7 Å². The number of carbonyl (C=O) groups is 2. The highest BCUT2D eigenvalue weighted by molar-refractivity contribution is 8.13. The number of hydrogen-bond donors (Lipinski definition) is 1. The van der Waals surface area contributed by atoms with E-state index in [1.54, 1.807) is 24.9 Å². The van der Waals surface area contributed by atoms with Crippen molar-refractivity contribution in [2.45, 2.75) is 47.5 Å². The van der Waals surface area contributed by atoms with Crippen LogP contribution in [0.1, 0.15) is 43.0 Å². The number of aryl methyl sites for hydroxylation is 3. The Morgan fingerprint density at radius 1 is 1.02 bits per heavy atom. The predicted molar refractivity (Wildman–Crippen MR) is 164 cm³/mol. The van der Waals surface area contributed by atoms with Crippen LogP contribution in [0.15, 0.2) is 78.0 Å². The predicted octanol–water partition coefficient (Wildman–Crippen LogP) is 6.35. The van der Waals surface area contributed by atoms with Crippen molar-refractivity contribution in [2.24, 2.45) is 10.9 Å². The number of amidine groups is 1. The van der Waals surface area contributed by atoms with Gasteiger partial charge in [0.1, 0.15) is 12.3 Å². The van der Waals surface area contributed by atoms with Gasteiger partial charge < -0.3 is 10.1 Å². The summed E-state index contributed by atoms with van der Waals surface area (Å²) in [5, 5.41) is 7.90. The van der Waals surface area contributed by atoms with Crippen molar-refractivity contribution in [1.29, 1.82) is 0 Å². The van der Waals surface area contributed by atoms with Crippen LogP contribution >= 0.6 is 11.8 Å². The minimum absolute atomic E-state index is 0.0560. The number of nitrogens with one attached hydrogen (secondary N) is 1. The Kier molecular flexibility index (Phi) is 10.1. The molecule has 0 bridgehead atoms. The number of para-hydroxylation sites is 1. The van der Waals surface area contributed by atoms with Crippen molar-refractivity contribution in [3.63, 3.8) is 0 Å². The van der Waals surface area contributed by atoms with Crippen LogP contribution in [0.5, 0.6) is 0 Å². The lowest BCUT2D eigenvalue weighted by atomic mass is 10.1. The Hall–Kier alpha value is -4.24. The summed E-state index contributed by atoms with van der Waals surface area (Å²) in [7, 11) is 0. The highest BCUT2D eigenvalue weighted by Gasteiger charge is 2.14. The molecule has 0 saturated carbocycles. The first kappa shape index (κ1) is 29.7. The molecule has 1 N–H and O–H groups in total. The van der Waals surface area contributed by atoms with E-state index in [0.717, 1.165) is 40.0 Å². The smallest absolute Gasteiger partial charge is 0.309 e. The first-order valence-corrected chi connectivity index (χ1v) is 14.6. The van der Waals surface area contributed by atoms with E-state index in [2.05, 4.69) is 22.3 Å². The number of rotatable bonds is 9. The zero-order valence-corrected chi connectivity index (χ0v) is 24.9. The molecule has 9 heteroatoms. The second-order valence-corrected chi connectivity index (χ2v) is 10.9. The van der Waals surface area contributed by atoms with Crippen LogP contribution < -0.4 is 5.32 Å². The fourth-order valence-corrected chi connectivity index (χ4v) is 4.64. The second-order valence-electron chi connectivity index (χ2n) is 10.0. The van der Waals surface area contributed by atoms with E-state index in [9.17, 15) is 9.59 Å². The van der Waals surface area contributed by atoms with Crippen molar-refractivity contribution in [2.75, 3.05) is 5.94 Å². The van der Waals surface area contributed by atoms with Crippen LogP contribution in [0.2, 0.25) is 0 Å². The van der Waals surface area contributed by atoms with Gasteiger partial charge in [0.25, 0.3) is 0 Å². The second kappa shape index (κ2) is 13.9. The van der Waals surface area contributed by atoms with Crippen molar-refractivity contribution in [3.05, 3.63) is 95.3 Å². The maximum absolute atomic E-state index is 13.1. The first-order valence-electron chi connectivity index (χ1n) is 13.6. The maximum Gasteiger partial charge on any atom is 0.309 e. The van der Waals surface area contributed by atoms with Gasteiger partial charge in [-0.3, -0.25) is 9.59 Å². The molecule has 8 nitrogen and oxygen atoms in total. The summed E-state index contributed by atoms with van der Waals surface area (Å²) in [5.41, 5.74) is 6.71. The van der Waals surface area contributed by atoms with Crippen molar-refractivity contribution >= 4 is 34.5 Å². The molecule has 1 amide bonds. The third-order valence-electron chi connectivity index (χ3n) is 6.40. The van der Waals surface area contributed by atoms with Gasteiger partial charge >= 0.3 is 5.97 Å². The number of hydrogen-bond acceptors (Lipinski definition) is 7.